The highest BCUT2D eigenvalue weighted by Gasteiger charge is 2.43. The van der Waals surface area contributed by atoms with Gasteiger partial charge in [0.15, 0.2) is 16.9 Å². The summed E-state index contributed by atoms with van der Waals surface area (Å²) < 4.78 is 23.0. The summed E-state index contributed by atoms with van der Waals surface area (Å²) >= 11 is 0. The molecular formula is C30H27NO6. The third-order valence-corrected chi connectivity index (χ3v) is 6.85. The molecule has 1 aromatic heterocycles. The van der Waals surface area contributed by atoms with Crippen molar-refractivity contribution >= 4 is 16.9 Å². The van der Waals surface area contributed by atoms with Crippen molar-refractivity contribution < 1.29 is 23.4 Å². The molecule has 0 saturated heterocycles. The number of ether oxygens (including phenoxy) is 3. The van der Waals surface area contributed by atoms with Crippen LogP contribution in [0.2, 0.25) is 0 Å². The van der Waals surface area contributed by atoms with Crippen LogP contribution in [0.1, 0.15) is 59.5 Å². The molecule has 0 spiro atoms. The Labute approximate surface area is 214 Å². The number of amides is 1. The molecule has 7 nitrogen and oxygen atoms in total. The van der Waals surface area contributed by atoms with Gasteiger partial charge in [-0.3, -0.25) is 9.59 Å². The van der Waals surface area contributed by atoms with Crippen LogP contribution in [0.25, 0.3) is 11.0 Å². The third kappa shape index (κ3) is 4.20. The van der Waals surface area contributed by atoms with E-state index in [0.29, 0.717) is 40.4 Å². The summed E-state index contributed by atoms with van der Waals surface area (Å²) in [6.07, 6.45) is 3.18. The maximum atomic E-state index is 13.7. The molecule has 0 aliphatic carbocycles. The van der Waals surface area contributed by atoms with Crippen LogP contribution in [0.4, 0.5) is 0 Å². The van der Waals surface area contributed by atoms with Crippen LogP contribution in [0, 0.1) is 0 Å². The molecule has 0 radical (unpaired) electrons. The minimum absolute atomic E-state index is 0.0868. The fourth-order valence-electron chi connectivity index (χ4n) is 5.03. The quantitative estimate of drug-likeness (QED) is 0.285. The van der Waals surface area contributed by atoms with E-state index in [0.717, 1.165) is 30.4 Å². The molecule has 0 fully saturated rings. The van der Waals surface area contributed by atoms with E-state index < -0.39 is 6.04 Å². The van der Waals surface area contributed by atoms with E-state index in [9.17, 15) is 9.59 Å². The second-order valence-corrected chi connectivity index (χ2v) is 9.32. The second kappa shape index (κ2) is 9.65. The van der Waals surface area contributed by atoms with Gasteiger partial charge in [-0.15, -0.1) is 0 Å². The van der Waals surface area contributed by atoms with Crippen molar-refractivity contribution in [1.29, 1.82) is 0 Å². The molecule has 2 aliphatic heterocycles. The van der Waals surface area contributed by atoms with E-state index >= 15 is 0 Å². The van der Waals surface area contributed by atoms with Crippen LogP contribution < -0.4 is 19.6 Å². The Balaban J connectivity index is 1.43. The topological polar surface area (TPSA) is 78.2 Å². The summed E-state index contributed by atoms with van der Waals surface area (Å²) in [5.41, 5.74) is 2.21. The number of rotatable bonds is 8. The zero-order chi connectivity index (χ0) is 25.4. The Hall–Kier alpha value is -4.26. The number of hydrogen-bond donors (Lipinski definition) is 0. The maximum Gasteiger partial charge on any atom is 0.291 e. The van der Waals surface area contributed by atoms with Crippen molar-refractivity contribution in [3.63, 3.8) is 0 Å². The van der Waals surface area contributed by atoms with E-state index in [1.54, 1.807) is 29.2 Å². The Morgan fingerprint density at radius 2 is 1.81 bits per heavy atom. The highest BCUT2D eigenvalue weighted by molar-refractivity contribution is 5.99. The predicted molar refractivity (Wildman–Crippen MR) is 138 cm³/mol. The van der Waals surface area contributed by atoms with Crippen molar-refractivity contribution in [1.82, 2.24) is 4.90 Å². The van der Waals surface area contributed by atoms with Crippen LogP contribution >= 0.6 is 0 Å². The molecule has 7 heteroatoms. The SMILES string of the molecule is CCCCCOc1cccc(C2c3c(oc4ccccc4c3=O)C(=O)N2Cc2ccc3c(c2)OCO3)c1. The van der Waals surface area contributed by atoms with E-state index in [2.05, 4.69) is 6.92 Å². The zero-order valence-electron chi connectivity index (χ0n) is 20.6. The average Bonchev–Trinajstić information content (AvgIpc) is 3.50. The zero-order valence-corrected chi connectivity index (χ0v) is 20.6. The fourth-order valence-corrected chi connectivity index (χ4v) is 5.03. The summed E-state index contributed by atoms with van der Waals surface area (Å²) in [7, 11) is 0. The van der Waals surface area contributed by atoms with Gasteiger partial charge in [-0.1, -0.05) is 50.1 Å². The number of para-hydroxylation sites is 1. The van der Waals surface area contributed by atoms with Crippen molar-refractivity contribution in [2.45, 2.75) is 38.8 Å². The largest absolute Gasteiger partial charge is 0.494 e. The van der Waals surface area contributed by atoms with Crippen LogP contribution in [0.5, 0.6) is 17.2 Å². The summed E-state index contributed by atoms with van der Waals surface area (Å²) in [6.45, 7) is 3.21. The number of unbranched alkanes of at least 4 members (excludes halogenated alkanes) is 2. The molecule has 2 aliphatic rings. The number of hydrogen-bond acceptors (Lipinski definition) is 6. The summed E-state index contributed by atoms with van der Waals surface area (Å²) in [5.74, 6) is 1.79. The van der Waals surface area contributed by atoms with Gasteiger partial charge in [-0.05, 0) is 53.9 Å². The second-order valence-electron chi connectivity index (χ2n) is 9.32. The average molecular weight is 498 g/mol. The highest BCUT2D eigenvalue weighted by atomic mass is 16.7. The van der Waals surface area contributed by atoms with E-state index in [4.69, 9.17) is 18.6 Å². The number of carbonyl (C=O) groups is 1. The third-order valence-electron chi connectivity index (χ3n) is 6.85. The minimum atomic E-state index is -0.618. The molecule has 3 heterocycles. The van der Waals surface area contributed by atoms with Crippen molar-refractivity contribution in [3.8, 4) is 17.2 Å². The van der Waals surface area contributed by atoms with Gasteiger partial charge >= 0.3 is 0 Å². The molecule has 1 amide bonds. The number of nitrogens with zero attached hydrogens (tertiary/aromatic N) is 1. The van der Waals surface area contributed by atoms with Gasteiger partial charge in [0.25, 0.3) is 5.91 Å². The molecule has 0 bridgehead atoms. The fraction of sp³-hybridized carbons (Fsp3) is 0.267. The molecule has 1 unspecified atom stereocenters. The molecule has 1 atom stereocenters. The lowest BCUT2D eigenvalue weighted by molar-refractivity contribution is 0.0714. The van der Waals surface area contributed by atoms with Crippen LogP contribution in [0.15, 0.2) is 75.9 Å². The first-order valence-corrected chi connectivity index (χ1v) is 12.6. The van der Waals surface area contributed by atoms with E-state index in [1.165, 1.54) is 0 Å². The normalized spacial score (nSPS) is 15.9. The first kappa shape index (κ1) is 23.2. The molecule has 6 rings (SSSR count). The summed E-state index contributed by atoms with van der Waals surface area (Å²) in [6, 6.07) is 19.7. The first-order chi connectivity index (χ1) is 18.1. The smallest absolute Gasteiger partial charge is 0.291 e. The summed E-state index contributed by atoms with van der Waals surface area (Å²) in [4.78, 5) is 29.2. The number of fused-ring (bicyclic) bond motifs is 3. The molecule has 0 N–H and O–H groups in total. The Kier molecular flexibility index (Phi) is 6.04. The van der Waals surface area contributed by atoms with E-state index in [1.807, 2.05) is 42.5 Å². The minimum Gasteiger partial charge on any atom is -0.494 e. The molecule has 3 aromatic carbocycles. The standard InChI is InChI=1S/C30H27NO6/c1-2-3-6-14-34-21-9-7-8-20(16-21)27-26-28(32)22-10-4-5-11-23(22)37-29(26)30(33)31(27)17-19-12-13-24-25(15-19)36-18-35-24/h4-5,7-13,15-16,27H,2-3,6,14,17-18H2,1H3. The molecule has 4 aromatic rings. The first-order valence-electron chi connectivity index (χ1n) is 12.6. The van der Waals surface area contributed by atoms with Crippen molar-refractivity contribution in [3.05, 3.63) is 99.4 Å². The van der Waals surface area contributed by atoms with Gasteiger partial charge in [0.1, 0.15) is 11.3 Å². The number of benzene rings is 3. The molecule has 188 valence electrons. The van der Waals surface area contributed by atoms with Crippen LogP contribution in [0.3, 0.4) is 0 Å². The highest BCUT2D eigenvalue weighted by Crippen LogP contribution is 2.41. The summed E-state index contributed by atoms with van der Waals surface area (Å²) in [5, 5.41) is 0.455. The maximum absolute atomic E-state index is 13.7. The van der Waals surface area contributed by atoms with Gasteiger partial charge in [0.2, 0.25) is 12.6 Å². The van der Waals surface area contributed by atoms with Crippen molar-refractivity contribution in [2.75, 3.05) is 13.4 Å². The lowest BCUT2D eigenvalue weighted by Gasteiger charge is -2.25. The number of carbonyl (C=O) groups excluding carboxylic acids is 1. The van der Waals surface area contributed by atoms with Gasteiger partial charge in [0, 0.05) is 6.54 Å². The van der Waals surface area contributed by atoms with Crippen LogP contribution in [-0.4, -0.2) is 24.2 Å². The lowest BCUT2D eigenvalue weighted by atomic mass is 9.98. The predicted octanol–water partition coefficient (Wildman–Crippen LogP) is 5.84. The monoisotopic (exact) mass is 497 g/mol. The van der Waals surface area contributed by atoms with Gasteiger partial charge in [-0.25, -0.2) is 0 Å². The molecule has 0 saturated carbocycles. The van der Waals surface area contributed by atoms with Gasteiger partial charge < -0.3 is 23.5 Å². The molecule has 37 heavy (non-hydrogen) atoms. The Morgan fingerprint density at radius 1 is 0.946 bits per heavy atom. The van der Waals surface area contributed by atoms with E-state index in [-0.39, 0.29) is 30.4 Å². The van der Waals surface area contributed by atoms with Crippen molar-refractivity contribution in [2.24, 2.45) is 0 Å². The van der Waals surface area contributed by atoms with Gasteiger partial charge in [-0.2, -0.15) is 0 Å². The van der Waals surface area contributed by atoms with Crippen LogP contribution in [-0.2, 0) is 6.54 Å². The van der Waals surface area contributed by atoms with Gasteiger partial charge in [0.05, 0.1) is 23.6 Å². The Bertz CT molecular complexity index is 1540. The molecular weight excluding hydrogens is 470 g/mol. The lowest BCUT2D eigenvalue weighted by Crippen LogP contribution is -2.29. The Morgan fingerprint density at radius 3 is 2.70 bits per heavy atom.